The van der Waals surface area contributed by atoms with Gasteiger partial charge in [0.05, 0.1) is 11.0 Å². The molecule has 3 heterocycles. The van der Waals surface area contributed by atoms with Gasteiger partial charge in [-0.05, 0) is 76.2 Å². The first kappa shape index (κ1) is 24.8. The summed E-state index contributed by atoms with van der Waals surface area (Å²) in [5.74, 6) is 1.77. The number of imidazole rings is 1. The van der Waals surface area contributed by atoms with Gasteiger partial charge in [-0.25, -0.2) is 4.98 Å². The highest BCUT2D eigenvalue weighted by molar-refractivity contribution is 5.92. The average Bonchev–Trinajstić information content (AvgIpc) is 3.22. The number of rotatable bonds is 9. The van der Waals surface area contributed by atoms with Crippen LogP contribution in [0.1, 0.15) is 41.7 Å². The van der Waals surface area contributed by atoms with E-state index < -0.39 is 0 Å². The molecule has 8 heteroatoms. The van der Waals surface area contributed by atoms with Crippen LogP contribution in [0.4, 0.5) is 11.6 Å². The number of piperidine rings is 1. The van der Waals surface area contributed by atoms with Crippen molar-refractivity contribution in [2.45, 2.75) is 32.6 Å². The summed E-state index contributed by atoms with van der Waals surface area (Å²) in [4.78, 5) is 24.1. The van der Waals surface area contributed by atoms with Crippen molar-refractivity contribution in [1.82, 2.24) is 24.8 Å². The van der Waals surface area contributed by atoms with Gasteiger partial charge in [0.15, 0.2) is 0 Å². The Morgan fingerprint density at radius 3 is 2.59 bits per heavy atom. The van der Waals surface area contributed by atoms with E-state index in [9.17, 15) is 4.79 Å². The van der Waals surface area contributed by atoms with Gasteiger partial charge in [-0.1, -0.05) is 24.1 Å². The van der Waals surface area contributed by atoms with Crippen LogP contribution in [0.5, 0.6) is 11.5 Å². The molecule has 1 aliphatic rings. The number of carbonyl (C=O) groups is 1. The molecule has 2 aromatic heterocycles. The number of nitrogens with zero attached hydrogens (tertiary/aromatic N) is 4. The van der Waals surface area contributed by atoms with Crippen molar-refractivity contribution in [3.05, 3.63) is 72.1 Å². The molecule has 0 aliphatic carbocycles. The first-order valence-electron chi connectivity index (χ1n) is 13.0. The average molecular weight is 499 g/mol. The normalized spacial score (nSPS) is 14.0. The van der Waals surface area contributed by atoms with Crippen molar-refractivity contribution in [3.63, 3.8) is 0 Å². The van der Waals surface area contributed by atoms with E-state index in [0.717, 1.165) is 35.6 Å². The van der Waals surface area contributed by atoms with Gasteiger partial charge >= 0.3 is 0 Å². The van der Waals surface area contributed by atoms with Crippen molar-refractivity contribution in [2.24, 2.45) is 7.05 Å². The number of fused-ring (bicyclic) bond motifs is 1. The SMILES string of the molecule is Cc1ccc(Nc2nc3cc(Oc4ccnc(C(=O)NCCCN5CCCCC5)c4)ccc3n2C)cc1. The van der Waals surface area contributed by atoms with Crippen LogP contribution in [0, 0.1) is 6.92 Å². The summed E-state index contributed by atoms with van der Waals surface area (Å²) < 4.78 is 8.08. The van der Waals surface area contributed by atoms with Crippen molar-refractivity contribution in [2.75, 3.05) is 31.5 Å². The number of ether oxygens (including phenoxy) is 1. The number of benzene rings is 2. The highest BCUT2D eigenvalue weighted by Gasteiger charge is 2.13. The maximum atomic E-state index is 12.6. The number of pyridine rings is 1. The van der Waals surface area contributed by atoms with Crippen molar-refractivity contribution in [3.8, 4) is 11.5 Å². The Labute approximate surface area is 217 Å². The number of hydrogen-bond acceptors (Lipinski definition) is 6. The first-order valence-corrected chi connectivity index (χ1v) is 13.0. The number of nitrogens with one attached hydrogen (secondary N) is 2. The zero-order chi connectivity index (χ0) is 25.6. The number of carbonyl (C=O) groups excluding carboxylic acids is 1. The fourth-order valence-electron chi connectivity index (χ4n) is 4.63. The fourth-order valence-corrected chi connectivity index (χ4v) is 4.63. The van der Waals surface area contributed by atoms with Crippen LogP contribution in [0.2, 0.25) is 0 Å². The molecule has 0 bridgehead atoms. The van der Waals surface area contributed by atoms with Gasteiger partial charge < -0.3 is 24.8 Å². The van der Waals surface area contributed by atoms with E-state index in [1.54, 1.807) is 18.3 Å². The third-order valence-corrected chi connectivity index (χ3v) is 6.75. The van der Waals surface area contributed by atoms with Crippen LogP contribution in [-0.4, -0.2) is 51.5 Å². The second kappa shape index (κ2) is 11.4. The van der Waals surface area contributed by atoms with Gasteiger partial charge in [0.25, 0.3) is 5.91 Å². The minimum Gasteiger partial charge on any atom is -0.457 e. The van der Waals surface area contributed by atoms with Crippen LogP contribution in [0.3, 0.4) is 0 Å². The number of amides is 1. The molecule has 0 unspecified atom stereocenters. The van der Waals surface area contributed by atoms with Gasteiger partial charge in [-0.2, -0.15) is 0 Å². The smallest absolute Gasteiger partial charge is 0.270 e. The maximum Gasteiger partial charge on any atom is 0.270 e. The van der Waals surface area contributed by atoms with Gasteiger partial charge in [0.1, 0.15) is 17.2 Å². The van der Waals surface area contributed by atoms with E-state index in [1.807, 2.05) is 41.9 Å². The van der Waals surface area contributed by atoms with E-state index in [2.05, 4.69) is 39.6 Å². The molecule has 4 aromatic rings. The highest BCUT2D eigenvalue weighted by atomic mass is 16.5. The Hall–Kier alpha value is -3.91. The van der Waals surface area contributed by atoms with Crippen molar-refractivity contribution in [1.29, 1.82) is 0 Å². The topological polar surface area (TPSA) is 84.3 Å². The van der Waals surface area contributed by atoms with E-state index >= 15 is 0 Å². The van der Waals surface area contributed by atoms with E-state index in [-0.39, 0.29) is 5.91 Å². The molecule has 0 spiro atoms. The first-order chi connectivity index (χ1) is 18.0. The summed E-state index contributed by atoms with van der Waals surface area (Å²) in [6, 6.07) is 17.4. The Morgan fingerprint density at radius 2 is 1.78 bits per heavy atom. The second-order valence-electron chi connectivity index (χ2n) is 9.63. The number of hydrogen-bond donors (Lipinski definition) is 2. The van der Waals surface area contributed by atoms with Gasteiger partial charge in [-0.3, -0.25) is 9.78 Å². The van der Waals surface area contributed by atoms with Gasteiger partial charge in [0.2, 0.25) is 5.95 Å². The van der Waals surface area contributed by atoms with E-state index in [0.29, 0.717) is 23.7 Å². The summed E-state index contributed by atoms with van der Waals surface area (Å²) in [5.41, 5.74) is 4.34. The standard InChI is InChI=1S/C29H34N6O2/c1-21-7-9-22(10-8-21)32-29-33-25-19-23(11-12-27(25)34(29)2)37-24-13-15-30-26(20-24)28(36)31-14-6-18-35-16-4-3-5-17-35/h7-13,15,19-20H,3-6,14,16-18H2,1-2H3,(H,31,36)(H,32,33). The quantitative estimate of drug-likeness (QED) is 0.300. The zero-order valence-corrected chi connectivity index (χ0v) is 21.5. The molecule has 192 valence electrons. The minimum absolute atomic E-state index is 0.184. The van der Waals surface area contributed by atoms with Crippen molar-refractivity contribution >= 4 is 28.6 Å². The summed E-state index contributed by atoms with van der Waals surface area (Å²) in [6.45, 7) is 6.07. The largest absolute Gasteiger partial charge is 0.457 e. The van der Waals surface area contributed by atoms with E-state index in [4.69, 9.17) is 9.72 Å². The molecule has 37 heavy (non-hydrogen) atoms. The summed E-state index contributed by atoms with van der Waals surface area (Å²) in [7, 11) is 1.98. The van der Waals surface area contributed by atoms with Gasteiger partial charge in [0, 0.05) is 37.6 Å². The zero-order valence-electron chi connectivity index (χ0n) is 21.5. The number of aryl methyl sites for hydroxylation is 2. The van der Waals surface area contributed by atoms with Crippen molar-refractivity contribution < 1.29 is 9.53 Å². The monoisotopic (exact) mass is 498 g/mol. The minimum atomic E-state index is -0.184. The lowest BCUT2D eigenvalue weighted by molar-refractivity contribution is 0.0945. The van der Waals surface area contributed by atoms with Crippen LogP contribution >= 0.6 is 0 Å². The second-order valence-corrected chi connectivity index (χ2v) is 9.63. The Morgan fingerprint density at radius 1 is 1.00 bits per heavy atom. The Balaban J connectivity index is 1.20. The van der Waals surface area contributed by atoms with Crippen LogP contribution < -0.4 is 15.4 Å². The molecule has 0 saturated carbocycles. The number of likely N-dealkylation sites (tertiary alicyclic amines) is 1. The molecule has 1 amide bonds. The molecule has 0 radical (unpaired) electrons. The summed E-state index contributed by atoms with van der Waals surface area (Å²) in [6.07, 6.45) is 6.43. The van der Waals surface area contributed by atoms with Crippen LogP contribution in [-0.2, 0) is 7.05 Å². The molecule has 2 N–H and O–H groups in total. The van der Waals surface area contributed by atoms with E-state index in [1.165, 1.54) is 37.9 Å². The molecule has 1 aliphatic heterocycles. The molecule has 1 saturated heterocycles. The van der Waals surface area contributed by atoms with Crippen LogP contribution in [0.25, 0.3) is 11.0 Å². The Kier molecular flexibility index (Phi) is 7.65. The lowest BCUT2D eigenvalue weighted by Gasteiger charge is -2.26. The highest BCUT2D eigenvalue weighted by Crippen LogP contribution is 2.28. The Bertz CT molecular complexity index is 1360. The van der Waals surface area contributed by atoms with Gasteiger partial charge in [-0.15, -0.1) is 0 Å². The lowest BCUT2D eigenvalue weighted by atomic mass is 10.1. The molecule has 1 fully saturated rings. The summed E-state index contributed by atoms with van der Waals surface area (Å²) >= 11 is 0. The molecule has 2 aromatic carbocycles. The molecule has 0 atom stereocenters. The predicted molar refractivity (Wildman–Crippen MR) is 147 cm³/mol. The summed E-state index contributed by atoms with van der Waals surface area (Å²) in [5, 5.41) is 6.36. The molecule has 5 rings (SSSR count). The third kappa shape index (κ3) is 6.27. The molecular weight excluding hydrogens is 464 g/mol. The third-order valence-electron chi connectivity index (χ3n) is 6.75. The fraction of sp³-hybridized carbons (Fsp3) is 0.345. The number of anilines is 2. The molecule has 8 nitrogen and oxygen atoms in total. The molecular formula is C29H34N6O2. The predicted octanol–water partition coefficient (Wildman–Crippen LogP) is 5.42. The van der Waals surface area contributed by atoms with Crippen LogP contribution in [0.15, 0.2) is 60.8 Å². The number of aromatic nitrogens is 3. The maximum absolute atomic E-state index is 12.6. The lowest BCUT2D eigenvalue weighted by Crippen LogP contribution is -2.33.